The molecule has 0 bridgehead atoms. The van der Waals surface area contributed by atoms with Gasteiger partial charge in [-0.25, -0.2) is 14.9 Å². The van der Waals surface area contributed by atoms with Gasteiger partial charge in [0.1, 0.15) is 6.54 Å². The summed E-state index contributed by atoms with van der Waals surface area (Å²) in [6.07, 6.45) is 1.65. The van der Waals surface area contributed by atoms with Crippen molar-refractivity contribution < 1.29 is 35.1 Å². The standard InChI is InChI=1S/C23H25N3O7/c27-11-2-1-6-20(30)23-24-22(16-8-10-19(29)21(31)13-16)25-26(23)14-17(28)9-7-15-4-3-5-18(12-15)33-32/h3-5,8,10,12-13,27,29,31-32H,1-2,6-7,9,11,14H2. The highest BCUT2D eigenvalue weighted by molar-refractivity contribution is 5.93. The lowest BCUT2D eigenvalue weighted by Crippen LogP contribution is -2.18. The van der Waals surface area contributed by atoms with E-state index in [1.807, 2.05) is 0 Å². The van der Waals surface area contributed by atoms with Crippen molar-refractivity contribution >= 4 is 11.6 Å². The molecule has 1 heterocycles. The maximum Gasteiger partial charge on any atom is 0.199 e. The van der Waals surface area contributed by atoms with E-state index in [0.29, 0.717) is 24.8 Å². The minimum Gasteiger partial charge on any atom is -0.504 e. The van der Waals surface area contributed by atoms with Gasteiger partial charge in [-0.2, -0.15) is 0 Å². The molecule has 0 unspecified atom stereocenters. The van der Waals surface area contributed by atoms with Gasteiger partial charge in [0, 0.05) is 25.0 Å². The molecule has 4 N–H and O–H groups in total. The van der Waals surface area contributed by atoms with Crippen molar-refractivity contribution in [1.29, 1.82) is 0 Å². The minimum atomic E-state index is -0.357. The maximum atomic E-state index is 12.7. The number of hydrogen-bond donors (Lipinski definition) is 4. The van der Waals surface area contributed by atoms with Gasteiger partial charge in [0.15, 0.2) is 40.5 Å². The molecule has 1 aromatic heterocycles. The number of aliphatic hydroxyl groups excluding tert-OH is 1. The summed E-state index contributed by atoms with van der Waals surface area (Å²) in [4.78, 5) is 33.8. The van der Waals surface area contributed by atoms with E-state index in [2.05, 4.69) is 15.0 Å². The molecule has 3 rings (SSSR count). The van der Waals surface area contributed by atoms with E-state index in [1.165, 1.54) is 22.9 Å². The molecular weight excluding hydrogens is 430 g/mol. The summed E-state index contributed by atoms with van der Waals surface area (Å²) in [5.74, 6) is -0.732. The van der Waals surface area contributed by atoms with Gasteiger partial charge >= 0.3 is 0 Å². The van der Waals surface area contributed by atoms with Crippen molar-refractivity contribution in [2.75, 3.05) is 6.61 Å². The number of hydrogen-bond acceptors (Lipinski definition) is 9. The first-order valence-corrected chi connectivity index (χ1v) is 10.4. The highest BCUT2D eigenvalue weighted by atomic mass is 17.1. The van der Waals surface area contributed by atoms with Crippen molar-refractivity contribution in [2.45, 2.75) is 38.6 Å². The Balaban J connectivity index is 1.78. The Bertz CT molecular complexity index is 1130. The second-order valence-corrected chi connectivity index (χ2v) is 7.50. The summed E-state index contributed by atoms with van der Waals surface area (Å²) in [6.45, 7) is -0.201. The predicted molar refractivity (Wildman–Crippen MR) is 117 cm³/mol. The van der Waals surface area contributed by atoms with Crippen LogP contribution in [-0.4, -0.2) is 53.5 Å². The highest BCUT2D eigenvalue weighted by Gasteiger charge is 2.20. The topological polar surface area (TPSA) is 155 Å². The molecule has 2 aromatic carbocycles. The summed E-state index contributed by atoms with van der Waals surface area (Å²) in [6, 6.07) is 10.7. The van der Waals surface area contributed by atoms with Gasteiger partial charge in [-0.15, -0.1) is 5.10 Å². The molecule has 0 atom stereocenters. The highest BCUT2D eigenvalue weighted by Crippen LogP contribution is 2.29. The number of aromatic hydroxyl groups is 2. The lowest BCUT2D eigenvalue weighted by molar-refractivity contribution is -0.137. The molecule has 174 valence electrons. The zero-order chi connectivity index (χ0) is 23.8. The lowest BCUT2D eigenvalue weighted by atomic mass is 10.1. The first-order valence-electron chi connectivity index (χ1n) is 10.4. The van der Waals surface area contributed by atoms with Crippen LogP contribution in [0.4, 0.5) is 0 Å². The molecule has 0 saturated carbocycles. The summed E-state index contributed by atoms with van der Waals surface area (Å²) in [5.41, 5.74) is 1.18. The quantitative estimate of drug-likeness (QED) is 0.106. The van der Waals surface area contributed by atoms with Crippen LogP contribution in [0.25, 0.3) is 11.4 Å². The van der Waals surface area contributed by atoms with Gasteiger partial charge in [0.2, 0.25) is 0 Å². The molecular formula is C23H25N3O7. The fourth-order valence-electron chi connectivity index (χ4n) is 3.24. The maximum absolute atomic E-state index is 12.7. The largest absolute Gasteiger partial charge is 0.504 e. The van der Waals surface area contributed by atoms with Crippen molar-refractivity contribution in [3.05, 3.63) is 53.9 Å². The SMILES string of the molecule is O=C(CCc1cccc(OO)c1)Cn1nc(-c2ccc(O)c(O)c2)nc1C(=O)CCCCO. The third kappa shape index (κ3) is 6.37. The molecule has 0 fully saturated rings. The predicted octanol–water partition coefficient (Wildman–Crippen LogP) is 2.76. The average molecular weight is 455 g/mol. The van der Waals surface area contributed by atoms with Gasteiger partial charge < -0.3 is 20.2 Å². The van der Waals surface area contributed by atoms with Crippen LogP contribution in [-0.2, 0) is 17.8 Å². The lowest BCUT2D eigenvalue weighted by Gasteiger charge is -2.06. The third-order valence-electron chi connectivity index (χ3n) is 4.99. The monoisotopic (exact) mass is 455 g/mol. The van der Waals surface area contributed by atoms with Crippen LogP contribution < -0.4 is 4.89 Å². The number of ketones is 2. The van der Waals surface area contributed by atoms with E-state index >= 15 is 0 Å². The first-order chi connectivity index (χ1) is 15.9. The number of carbonyl (C=O) groups excluding carboxylic acids is 2. The number of benzene rings is 2. The molecule has 33 heavy (non-hydrogen) atoms. The van der Waals surface area contributed by atoms with E-state index < -0.39 is 0 Å². The van der Waals surface area contributed by atoms with Gasteiger partial charge in [0.05, 0.1) is 0 Å². The van der Waals surface area contributed by atoms with Crippen molar-refractivity contribution in [3.63, 3.8) is 0 Å². The van der Waals surface area contributed by atoms with Crippen LogP contribution in [0.1, 0.15) is 41.9 Å². The molecule has 0 radical (unpaired) electrons. The first kappa shape index (κ1) is 23.9. The Labute approximate surface area is 189 Å². The molecule has 0 spiro atoms. The fourth-order valence-corrected chi connectivity index (χ4v) is 3.24. The molecule has 0 aliphatic carbocycles. The Morgan fingerprint density at radius 1 is 1.00 bits per heavy atom. The fraction of sp³-hybridized carbons (Fsp3) is 0.304. The zero-order valence-corrected chi connectivity index (χ0v) is 17.8. The Kier molecular flexibility index (Phi) is 8.11. The Morgan fingerprint density at radius 2 is 1.82 bits per heavy atom. The molecule has 10 nitrogen and oxygen atoms in total. The van der Waals surface area contributed by atoms with Crippen LogP contribution in [0.15, 0.2) is 42.5 Å². The number of phenols is 2. The molecule has 10 heteroatoms. The molecule has 0 aliphatic rings. The Morgan fingerprint density at radius 3 is 2.55 bits per heavy atom. The number of carbonyl (C=O) groups is 2. The second-order valence-electron chi connectivity index (χ2n) is 7.50. The smallest absolute Gasteiger partial charge is 0.199 e. The number of rotatable bonds is 12. The number of unbranched alkanes of at least 4 members (excludes halogenated alkanes) is 1. The number of phenolic OH excluding ortho intramolecular Hbond substituents is 2. The molecule has 3 aromatic rings. The van der Waals surface area contributed by atoms with Crippen LogP contribution in [0.5, 0.6) is 17.2 Å². The van der Waals surface area contributed by atoms with E-state index in [0.717, 1.165) is 5.56 Å². The van der Waals surface area contributed by atoms with Crippen LogP contribution in [0.3, 0.4) is 0 Å². The Hall–Kier alpha value is -3.76. The van der Waals surface area contributed by atoms with Crippen LogP contribution in [0, 0.1) is 0 Å². The average Bonchev–Trinajstić information content (AvgIpc) is 3.23. The normalized spacial score (nSPS) is 10.8. The van der Waals surface area contributed by atoms with E-state index in [-0.39, 0.29) is 66.5 Å². The van der Waals surface area contributed by atoms with E-state index in [9.17, 15) is 19.8 Å². The van der Waals surface area contributed by atoms with Crippen molar-refractivity contribution in [1.82, 2.24) is 14.8 Å². The molecule has 0 saturated heterocycles. The van der Waals surface area contributed by atoms with E-state index in [4.69, 9.17) is 10.4 Å². The third-order valence-corrected chi connectivity index (χ3v) is 4.99. The zero-order valence-electron chi connectivity index (χ0n) is 17.8. The van der Waals surface area contributed by atoms with Crippen molar-refractivity contribution in [2.24, 2.45) is 0 Å². The summed E-state index contributed by atoms with van der Waals surface area (Å²) >= 11 is 0. The summed E-state index contributed by atoms with van der Waals surface area (Å²) in [5, 5.41) is 41.3. The van der Waals surface area contributed by atoms with Crippen LogP contribution in [0.2, 0.25) is 0 Å². The summed E-state index contributed by atoms with van der Waals surface area (Å²) < 4.78 is 1.25. The molecule has 0 aliphatic heterocycles. The molecule has 0 amide bonds. The second kappa shape index (κ2) is 11.2. The van der Waals surface area contributed by atoms with Crippen LogP contribution >= 0.6 is 0 Å². The number of aromatic nitrogens is 3. The minimum absolute atomic E-state index is 0.0135. The number of aliphatic hydroxyl groups is 1. The number of aryl methyl sites for hydroxylation is 1. The van der Waals surface area contributed by atoms with Crippen molar-refractivity contribution in [3.8, 4) is 28.6 Å². The number of Topliss-reactive ketones (excluding diaryl/α,β-unsaturated/α-hetero) is 2. The van der Waals surface area contributed by atoms with Gasteiger partial charge in [-0.05, 0) is 55.2 Å². The number of nitrogens with zero attached hydrogens (tertiary/aromatic N) is 3. The van der Waals surface area contributed by atoms with Gasteiger partial charge in [0.25, 0.3) is 0 Å². The van der Waals surface area contributed by atoms with E-state index in [1.54, 1.807) is 24.3 Å². The summed E-state index contributed by atoms with van der Waals surface area (Å²) in [7, 11) is 0. The van der Waals surface area contributed by atoms with Gasteiger partial charge in [-0.1, -0.05) is 12.1 Å². The van der Waals surface area contributed by atoms with Gasteiger partial charge in [-0.3, -0.25) is 9.59 Å².